The Kier molecular flexibility index (Phi) is 4.51. The number of nitrogens with zero attached hydrogens (tertiary/aromatic N) is 4. The molecule has 0 unspecified atom stereocenters. The van der Waals surface area contributed by atoms with Gasteiger partial charge in [0.05, 0.1) is 12.5 Å². The van der Waals surface area contributed by atoms with E-state index in [9.17, 15) is 0 Å². The lowest BCUT2D eigenvalue weighted by Crippen LogP contribution is -2.13. The van der Waals surface area contributed by atoms with Crippen LogP contribution in [-0.4, -0.2) is 23.6 Å². The van der Waals surface area contributed by atoms with Crippen LogP contribution < -0.4 is 10.2 Å². The van der Waals surface area contributed by atoms with Crippen LogP contribution in [0, 0.1) is 18.3 Å². The first-order chi connectivity index (χ1) is 9.72. The molecular weight excluding hydrogens is 250 g/mol. The van der Waals surface area contributed by atoms with E-state index >= 15 is 0 Å². The van der Waals surface area contributed by atoms with Crippen molar-refractivity contribution in [2.45, 2.75) is 13.3 Å². The minimum absolute atomic E-state index is 0.451. The lowest BCUT2D eigenvalue weighted by molar-refractivity contribution is 1.03. The van der Waals surface area contributed by atoms with Crippen molar-refractivity contribution in [1.29, 1.82) is 5.26 Å². The van der Waals surface area contributed by atoms with E-state index in [1.807, 2.05) is 30.1 Å². The highest BCUT2D eigenvalue weighted by Gasteiger charge is 2.08. The monoisotopic (exact) mass is 267 g/mol. The zero-order valence-corrected chi connectivity index (χ0v) is 11.7. The van der Waals surface area contributed by atoms with Gasteiger partial charge < -0.3 is 10.2 Å². The number of nitriles is 1. The normalized spacial score (nSPS) is 9.85. The maximum Gasteiger partial charge on any atom is 0.138 e. The van der Waals surface area contributed by atoms with Gasteiger partial charge in [-0.2, -0.15) is 5.26 Å². The largest absolute Gasteiger partial charge is 0.369 e. The Morgan fingerprint density at radius 3 is 2.85 bits per heavy atom. The van der Waals surface area contributed by atoms with E-state index in [1.54, 1.807) is 0 Å². The zero-order chi connectivity index (χ0) is 14.4. The fourth-order valence-electron chi connectivity index (χ4n) is 1.94. The van der Waals surface area contributed by atoms with Crippen LogP contribution in [0.15, 0.2) is 36.7 Å². The van der Waals surface area contributed by atoms with Crippen molar-refractivity contribution in [1.82, 2.24) is 9.97 Å². The van der Waals surface area contributed by atoms with Crippen molar-refractivity contribution in [3.05, 3.63) is 42.2 Å². The Morgan fingerprint density at radius 2 is 2.10 bits per heavy atom. The molecule has 0 amide bonds. The molecule has 5 heteroatoms. The third-order valence-corrected chi connectivity index (χ3v) is 3.02. The molecule has 0 aliphatic rings. The number of anilines is 3. The van der Waals surface area contributed by atoms with E-state index in [2.05, 4.69) is 40.4 Å². The summed E-state index contributed by atoms with van der Waals surface area (Å²) < 4.78 is 0. The summed E-state index contributed by atoms with van der Waals surface area (Å²) >= 11 is 0. The molecule has 1 N–H and O–H groups in total. The van der Waals surface area contributed by atoms with E-state index in [0.29, 0.717) is 13.0 Å². The highest BCUT2D eigenvalue weighted by molar-refractivity contribution is 5.64. The number of hydrogen-bond acceptors (Lipinski definition) is 5. The molecule has 0 aliphatic carbocycles. The van der Waals surface area contributed by atoms with E-state index in [0.717, 1.165) is 17.3 Å². The summed E-state index contributed by atoms with van der Waals surface area (Å²) in [6.07, 6.45) is 1.98. The predicted molar refractivity (Wildman–Crippen MR) is 80.0 cm³/mol. The average Bonchev–Trinajstić information content (AvgIpc) is 2.48. The summed E-state index contributed by atoms with van der Waals surface area (Å²) in [4.78, 5) is 10.5. The van der Waals surface area contributed by atoms with Crippen molar-refractivity contribution >= 4 is 17.3 Å². The first kappa shape index (κ1) is 13.8. The highest BCUT2D eigenvalue weighted by Crippen LogP contribution is 2.25. The minimum Gasteiger partial charge on any atom is -0.369 e. The molecule has 0 fully saturated rings. The SMILES string of the molecule is Cc1ccccc1N(C)c1cc(NCCC#N)ncn1. The van der Waals surface area contributed by atoms with Gasteiger partial charge in [-0.3, -0.25) is 0 Å². The predicted octanol–water partition coefficient (Wildman–Crippen LogP) is 2.88. The molecule has 1 aromatic carbocycles. The third-order valence-electron chi connectivity index (χ3n) is 3.02. The van der Waals surface area contributed by atoms with Crippen LogP contribution in [-0.2, 0) is 0 Å². The number of aryl methyl sites for hydroxylation is 1. The van der Waals surface area contributed by atoms with Gasteiger partial charge in [-0.05, 0) is 18.6 Å². The summed E-state index contributed by atoms with van der Waals surface area (Å²) in [5.41, 5.74) is 2.29. The molecule has 0 radical (unpaired) electrons. The van der Waals surface area contributed by atoms with Gasteiger partial charge in [-0.1, -0.05) is 18.2 Å². The Morgan fingerprint density at radius 1 is 1.30 bits per heavy atom. The number of rotatable bonds is 5. The van der Waals surface area contributed by atoms with Crippen molar-refractivity contribution in [2.75, 3.05) is 23.8 Å². The van der Waals surface area contributed by atoms with Crippen LogP contribution in [0.25, 0.3) is 0 Å². The summed E-state index contributed by atoms with van der Waals surface area (Å²) in [5, 5.41) is 11.6. The molecule has 0 saturated carbocycles. The summed E-state index contributed by atoms with van der Waals surface area (Å²) in [6.45, 7) is 2.65. The molecule has 2 aromatic rings. The first-order valence-corrected chi connectivity index (χ1v) is 6.44. The van der Waals surface area contributed by atoms with Gasteiger partial charge in [-0.25, -0.2) is 9.97 Å². The van der Waals surface area contributed by atoms with Gasteiger partial charge in [-0.15, -0.1) is 0 Å². The fraction of sp³-hybridized carbons (Fsp3) is 0.267. The molecular formula is C15H17N5. The maximum atomic E-state index is 8.54. The molecule has 2 rings (SSSR count). The number of hydrogen-bond donors (Lipinski definition) is 1. The van der Waals surface area contributed by atoms with Crippen LogP contribution >= 0.6 is 0 Å². The Hall–Kier alpha value is -2.61. The van der Waals surface area contributed by atoms with Gasteiger partial charge in [0.2, 0.25) is 0 Å². The van der Waals surface area contributed by atoms with Crippen LogP contribution in [0.1, 0.15) is 12.0 Å². The summed E-state index contributed by atoms with van der Waals surface area (Å²) in [7, 11) is 1.98. The van der Waals surface area contributed by atoms with E-state index in [-0.39, 0.29) is 0 Å². The molecule has 1 heterocycles. The van der Waals surface area contributed by atoms with Crippen molar-refractivity contribution in [3.63, 3.8) is 0 Å². The van der Waals surface area contributed by atoms with E-state index in [4.69, 9.17) is 5.26 Å². The molecule has 0 atom stereocenters. The Bertz CT molecular complexity index is 618. The number of benzene rings is 1. The molecule has 20 heavy (non-hydrogen) atoms. The van der Waals surface area contributed by atoms with E-state index < -0.39 is 0 Å². The lowest BCUT2D eigenvalue weighted by Gasteiger charge is -2.20. The number of aromatic nitrogens is 2. The zero-order valence-electron chi connectivity index (χ0n) is 11.7. The van der Waals surface area contributed by atoms with Gasteiger partial charge in [0.1, 0.15) is 18.0 Å². The van der Waals surface area contributed by atoms with Crippen LogP contribution in [0.4, 0.5) is 17.3 Å². The molecule has 0 spiro atoms. The lowest BCUT2D eigenvalue weighted by atomic mass is 10.2. The maximum absolute atomic E-state index is 8.54. The van der Waals surface area contributed by atoms with Gasteiger partial charge >= 0.3 is 0 Å². The van der Waals surface area contributed by atoms with E-state index in [1.165, 1.54) is 11.9 Å². The second-order valence-corrected chi connectivity index (χ2v) is 4.44. The van der Waals surface area contributed by atoms with Crippen LogP contribution in [0.3, 0.4) is 0 Å². The van der Waals surface area contributed by atoms with Gasteiger partial charge in [0, 0.05) is 25.3 Å². The highest BCUT2D eigenvalue weighted by atomic mass is 15.2. The topological polar surface area (TPSA) is 64.8 Å². The Balaban J connectivity index is 2.18. The first-order valence-electron chi connectivity index (χ1n) is 6.44. The van der Waals surface area contributed by atoms with Gasteiger partial charge in [0.15, 0.2) is 0 Å². The quantitative estimate of drug-likeness (QED) is 0.844. The van der Waals surface area contributed by atoms with Crippen LogP contribution in [0.5, 0.6) is 0 Å². The molecule has 0 saturated heterocycles. The summed E-state index contributed by atoms with van der Waals surface area (Å²) in [5.74, 6) is 1.54. The standard InChI is InChI=1S/C15H17N5/c1-12-6-3-4-7-13(12)20(2)15-10-14(18-11-19-15)17-9-5-8-16/h3-4,6-7,10-11H,5,9H2,1-2H3,(H,17,18,19). The van der Waals surface area contributed by atoms with Crippen molar-refractivity contribution in [2.24, 2.45) is 0 Å². The summed E-state index contributed by atoms with van der Waals surface area (Å²) in [6, 6.07) is 12.1. The van der Waals surface area contributed by atoms with Crippen LogP contribution in [0.2, 0.25) is 0 Å². The minimum atomic E-state index is 0.451. The second-order valence-electron chi connectivity index (χ2n) is 4.44. The molecule has 1 aromatic heterocycles. The Labute approximate surface area is 118 Å². The number of nitrogens with one attached hydrogen (secondary N) is 1. The van der Waals surface area contributed by atoms with Gasteiger partial charge in [0.25, 0.3) is 0 Å². The molecule has 0 bridgehead atoms. The second kappa shape index (κ2) is 6.53. The smallest absolute Gasteiger partial charge is 0.138 e. The average molecular weight is 267 g/mol. The molecule has 5 nitrogen and oxygen atoms in total. The third kappa shape index (κ3) is 3.23. The fourth-order valence-corrected chi connectivity index (χ4v) is 1.94. The molecule has 102 valence electrons. The van der Waals surface area contributed by atoms with Crippen molar-refractivity contribution in [3.8, 4) is 6.07 Å². The molecule has 0 aliphatic heterocycles. The number of para-hydroxylation sites is 1. The van der Waals surface area contributed by atoms with Crippen molar-refractivity contribution < 1.29 is 0 Å².